The second-order valence-corrected chi connectivity index (χ2v) is 11.8. The molecule has 0 radical (unpaired) electrons. The van der Waals surface area contributed by atoms with Crippen molar-refractivity contribution in [2.24, 2.45) is 0 Å². The van der Waals surface area contributed by atoms with Crippen LogP contribution in [0.15, 0.2) is 82.6 Å². The predicted molar refractivity (Wildman–Crippen MR) is 157 cm³/mol. The van der Waals surface area contributed by atoms with Crippen molar-refractivity contribution in [2.45, 2.75) is 9.79 Å². The molecule has 0 unspecified atom stereocenters. The van der Waals surface area contributed by atoms with Crippen LogP contribution in [0.2, 0.25) is 0 Å². The Morgan fingerprint density at radius 3 is 1.93 bits per heavy atom. The van der Waals surface area contributed by atoms with Crippen LogP contribution >= 0.6 is 0 Å². The molecule has 2 heterocycles. The van der Waals surface area contributed by atoms with Gasteiger partial charge in [-0.15, -0.1) is 0 Å². The number of hydrogen-bond acceptors (Lipinski definition) is 11. The summed E-state index contributed by atoms with van der Waals surface area (Å²) < 4.78 is 75.8. The average Bonchev–Trinajstić information content (AvgIpc) is 2.96. The molecule has 15 heteroatoms. The minimum atomic E-state index is -5.21. The van der Waals surface area contributed by atoms with Crippen molar-refractivity contribution in [2.75, 3.05) is 41.8 Å². The second-order valence-electron chi connectivity index (χ2n) is 9.05. The molecule has 1 aliphatic heterocycles. The van der Waals surface area contributed by atoms with Crippen LogP contribution in [0.5, 0.6) is 0 Å². The summed E-state index contributed by atoms with van der Waals surface area (Å²) in [5.41, 5.74) is 0.806. The van der Waals surface area contributed by atoms with Crippen LogP contribution in [-0.2, 0) is 25.0 Å². The summed E-state index contributed by atoms with van der Waals surface area (Å²) in [6, 6.07) is 20.4. The molecule has 4 N–H and O–H groups in total. The lowest BCUT2D eigenvalue weighted by atomic mass is 10.1. The number of para-hydroxylation sites is 1. The largest absolute Gasteiger partial charge is 0.378 e. The smallest absolute Gasteiger partial charge is 0.298 e. The van der Waals surface area contributed by atoms with Gasteiger partial charge in [0, 0.05) is 18.8 Å². The van der Waals surface area contributed by atoms with E-state index in [0.29, 0.717) is 37.6 Å². The molecule has 1 saturated heterocycles. The van der Waals surface area contributed by atoms with Gasteiger partial charge in [0.25, 0.3) is 20.2 Å². The molecule has 0 atom stereocenters. The number of hydrogen-bond donors (Lipinski definition) is 4. The van der Waals surface area contributed by atoms with Gasteiger partial charge in [0.15, 0.2) is 0 Å². The van der Waals surface area contributed by atoms with Gasteiger partial charge in [0.1, 0.15) is 9.79 Å². The minimum absolute atomic E-state index is 0.117. The Balaban J connectivity index is 1.61. The molecule has 3 aromatic carbocycles. The fraction of sp³-hybridized carbons (Fsp3) is 0.148. The van der Waals surface area contributed by atoms with E-state index >= 15 is 0 Å². The Kier molecular flexibility index (Phi) is 8.46. The molecule has 0 bridgehead atoms. The topological polar surface area (TPSA) is 184 Å². The van der Waals surface area contributed by atoms with Gasteiger partial charge in [-0.05, 0) is 29.3 Å². The van der Waals surface area contributed by atoms with Gasteiger partial charge in [-0.2, -0.15) is 31.8 Å². The van der Waals surface area contributed by atoms with Crippen molar-refractivity contribution in [1.29, 1.82) is 0 Å². The number of benzene rings is 3. The SMILES string of the molecule is O=S(=O)(O)c1c(C=Cc2ccccc2)ccc(Nc2nc(Nc3ccccc3)nc(N3CCOCC3)n2)c1S(=O)(=O)O. The van der Waals surface area contributed by atoms with Crippen LogP contribution in [0.1, 0.15) is 11.1 Å². The molecule has 1 aliphatic rings. The fourth-order valence-electron chi connectivity index (χ4n) is 4.23. The van der Waals surface area contributed by atoms with E-state index in [1.165, 1.54) is 24.3 Å². The lowest BCUT2D eigenvalue weighted by Gasteiger charge is -2.27. The third-order valence-corrected chi connectivity index (χ3v) is 8.13. The summed E-state index contributed by atoms with van der Waals surface area (Å²) in [6.07, 6.45) is 2.85. The van der Waals surface area contributed by atoms with Crippen LogP contribution in [-0.4, -0.2) is 67.2 Å². The molecule has 4 aromatic rings. The fourth-order valence-corrected chi connectivity index (χ4v) is 6.39. The van der Waals surface area contributed by atoms with Crippen molar-refractivity contribution >= 4 is 61.6 Å². The average molecular weight is 611 g/mol. The first-order chi connectivity index (χ1) is 20.1. The second kappa shape index (κ2) is 12.2. The number of anilines is 5. The molecule has 5 rings (SSSR count). The van der Waals surface area contributed by atoms with Crippen molar-refractivity contribution in [1.82, 2.24) is 15.0 Å². The Morgan fingerprint density at radius 2 is 1.31 bits per heavy atom. The predicted octanol–water partition coefficient (Wildman–Crippen LogP) is 3.86. The number of ether oxygens (including phenoxy) is 1. The summed E-state index contributed by atoms with van der Waals surface area (Å²) in [5.74, 6) is 0.217. The number of rotatable bonds is 9. The zero-order valence-corrected chi connectivity index (χ0v) is 23.6. The van der Waals surface area contributed by atoms with E-state index in [1.54, 1.807) is 42.5 Å². The van der Waals surface area contributed by atoms with Crippen molar-refractivity contribution in [3.63, 3.8) is 0 Å². The van der Waals surface area contributed by atoms with E-state index in [4.69, 9.17) is 4.74 Å². The minimum Gasteiger partial charge on any atom is -0.378 e. The van der Waals surface area contributed by atoms with E-state index in [2.05, 4.69) is 25.6 Å². The van der Waals surface area contributed by atoms with Crippen LogP contribution in [0.25, 0.3) is 12.2 Å². The lowest BCUT2D eigenvalue weighted by Crippen LogP contribution is -2.37. The normalized spacial score (nSPS) is 14.2. The van der Waals surface area contributed by atoms with Crippen LogP contribution < -0.4 is 15.5 Å². The van der Waals surface area contributed by atoms with E-state index in [0.717, 1.165) is 0 Å². The highest BCUT2D eigenvalue weighted by molar-refractivity contribution is 7.89. The van der Waals surface area contributed by atoms with Crippen molar-refractivity contribution in [3.05, 3.63) is 83.9 Å². The molecular weight excluding hydrogens is 584 g/mol. The van der Waals surface area contributed by atoms with Gasteiger partial charge in [-0.3, -0.25) is 9.11 Å². The standard InChI is InChI=1S/C27H26N6O7S2/c34-41(35,36)23-20(12-11-19-7-3-1-4-8-19)13-14-22(24(23)42(37,38)39)29-26-30-25(28-21-9-5-2-6-10-21)31-27(32-26)33-15-17-40-18-16-33/h1-14H,15-18H2,(H,34,35,36)(H,37,38,39)(H2,28,29,30,31,32). The maximum absolute atomic E-state index is 12.6. The molecule has 0 spiro atoms. The molecule has 218 valence electrons. The lowest BCUT2D eigenvalue weighted by molar-refractivity contribution is 0.122. The first kappa shape index (κ1) is 29.1. The first-order valence-electron chi connectivity index (χ1n) is 12.6. The maximum atomic E-state index is 12.6. The molecule has 0 saturated carbocycles. The van der Waals surface area contributed by atoms with Crippen LogP contribution in [0, 0.1) is 0 Å². The molecule has 13 nitrogen and oxygen atoms in total. The summed E-state index contributed by atoms with van der Waals surface area (Å²) in [7, 11) is -10.4. The molecule has 0 aliphatic carbocycles. The maximum Gasteiger partial charge on any atom is 0.298 e. The van der Waals surface area contributed by atoms with E-state index < -0.39 is 30.0 Å². The van der Waals surface area contributed by atoms with Crippen molar-refractivity contribution in [3.8, 4) is 0 Å². The Hall–Kier alpha value is -4.41. The molecule has 1 fully saturated rings. The molecule has 42 heavy (non-hydrogen) atoms. The Bertz CT molecular complexity index is 1810. The van der Waals surface area contributed by atoms with Gasteiger partial charge in [0.05, 0.1) is 18.9 Å². The van der Waals surface area contributed by atoms with Gasteiger partial charge in [-0.1, -0.05) is 66.7 Å². The highest BCUT2D eigenvalue weighted by atomic mass is 32.2. The summed E-state index contributed by atoms with van der Waals surface area (Å²) in [5, 5.41) is 5.76. The number of aromatic nitrogens is 3. The van der Waals surface area contributed by atoms with Gasteiger partial charge in [0.2, 0.25) is 17.8 Å². The molecule has 1 aromatic heterocycles. The molecular formula is C27H26N6O7S2. The third-order valence-electron chi connectivity index (χ3n) is 6.11. The number of nitrogens with zero attached hydrogens (tertiary/aromatic N) is 4. The first-order valence-corrected chi connectivity index (χ1v) is 15.5. The quantitative estimate of drug-likeness (QED) is 0.158. The van der Waals surface area contributed by atoms with Crippen LogP contribution in [0.4, 0.5) is 29.2 Å². The highest BCUT2D eigenvalue weighted by Crippen LogP contribution is 2.34. The Labute approximate surface area is 242 Å². The summed E-state index contributed by atoms with van der Waals surface area (Å²) in [4.78, 5) is 13.0. The zero-order valence-electron chi connectivity index (χ0n) is 22.0. The highest BCUT2D eigenvalue weighted by Gasteiger charge is 2.31. The third kappa shape index (κ3) is 7.07. The number of nitrogens with one attached hydrogen (secondary N) is 2. The monoisotopic (exact) mass is 610 g/mol. The van der Waals surface area contributed by atoms with E-state index in [-0.39, 0.29) is 29.1 Å². The Morgan fingerprint density at radius 1 is 0.714 bits per heavy atom. The summed E-state index contributed by atoms with van der Waals surface area (Å²) >= 11 is 0. The zero-order chi connectivity index (χ0) is 29.7. The van der Waals surface area contributed by atoms with Gasteiger partial charge >= 0.3 is 0 Å². The van der Waals surface area contributed by atoms with Gasteiger partial charge < -0.3 is 20.3 Å². The molecule has 0 amide bonds. The van der Waals surface area contributed by atoms with Gasteiger partial charge in [-0.25, -0.2) is 0 Å². The van der Waals surface area contributed by atoms with E-state index in [9.17, 15) is 25.9 Å². The summed E-state index contributed by atoms with van der Waals surface area (Å²) in [6.45, 7) is 1.86. The van der Waals surface area contributed by atoms with E-state index in [1.807, 2.05) is 23.1 Å². The number of morpholine rings is 1. The van der Waals surface area contributed by atoms with Crippen molar-refractivity contribution < 1.29 is 30.7 Å². The van der Waals surface area contributed by atoms with Crippen LogP contribution in [0.3, 0.4) is 0 Å².